The molecule has 27 heavy (non-hydrogen) atoms. The number of pyridine rings is 1. The van der Waals surface area contributed by atoms with Crippen molar-refractivity contribution in [2.45, 2.75) is 31.8 Å². The van der Waals surface area contributed by atoms with Gasteiger partial charge in [-0.05, 0) is 38.0 Å². The van der Waals surface area contributed by atoms with E-state index in [1.54, 1.807) is 6.07 Å². The number of nitrogens with zero attached hydrogens (tertiary/aromatic N) is 2. The predicted molar refractivity (Wildman–Crippen MR) is 105 cm³/mol. The third-order valence-electron chi connectivity index (χ3n) is 5.25. The molecule has 1 aromatic heterocycles. The highest BCUT2D eigenvalue weighted by Gasteiger charge is 2.29. The van der Waals surface area contributed by atoms with Gasteiger partial charge in [0.2, 0.25) is 0 Å². The molecule has 0 bridgehead atoms. The van der Waals surface area contributed by atoms with Gasteiger partial charge in [0.25, 0.3) is 5.91 Å². The van der Waals surface area contributed by atoms with Gasteiger partial charge in [-0.2, -0.15) is 0 Å². The summed E-state index contributed by atoms with van der Waals surface area (Å²) in [5.74, 6) is -0.415. The molecule has 2 heterocycles. The van der Waals surface area contributed by atoms with Gasteiger partial charge >= 0.3 is 0 Å². The van der Waals surface area contributed by atoms with Crippen LogP contribution in [-0.4, -0.2) is 34.4 Å². The first-order valence-electron chi connectivity index (χ1n) is 9.25. The van der Waals surface area contributed by atoms with Crippen LogP contribution >= 0.6 is 0 Å². The highest BCUT2D eigenvalue weighted by Crippen LogP contribution is 2.28. The summed E-state index contributed by atoms with van der Waals surface area (Å²) in [6.07, 6.45) is 1.58. The van der Waals surface area contributed by atoms with Crippen LogP contribution in [0.1, 0.15) is 30.1 Å². The summed E-state index contributed by atoms with van der Waals surface area (Å²) in [6.45, 7) is 2.66. The molecule has 3 aromatic rings. The number of nitrogens with two attached hydrogens (primary N) is 1. The fraction of sp³-hybridized carbons (Fsp3) is 0.273. The van der Waals surface area contributed by atoms with E-state index >= 15 is 0 Å². The lowest BCUT2D eigenvalue weighted by Gasteiger charge is -2.36. The third-order valence-corrected chi connectivity index (χ3v) is 5.25. The zero-order valence-corrected chi connectivity index (χ0v) is 15.2. The maximum absolute atomic E-state index is 13.8. The summed E-state index contributed by atoms with van der Waals surface area (Å²) in [5, 5.41) is 0.670. The summed E-state index contributed by atoms with van der Waals surface area (Å²) in [5.41, 5.74) is 8.65. The maximum Gasteiger partial charge on any atom is 0.254 e. The highest BCUT2D eigenvalue weighted by atomic mass is 19.1. The Morgan fingerprint density at radius 2 is 1.96 bits per heavy atom. The van der Waals surface area contributed by atoms with Crippen LogP contribution in [0, 0.1) is 5.82 Å². The van der Waals surface area contributed by atoms with Crippen molar-refractivity contribution in [1.29, 1.82) is 0 Å². The van der Waals surface area contributed by atoms with E-state index in [1.807, 2.05) is 48.2 Å². The molecule has 1 fully saturated rings. The van der Waals surface area contributed by atoms with Crippen LogP contribution in [0.2, 0.25) is 0 Å². The second-order valence-electron chi connectivity index (χ2n) is 7.21. The van der Waals surface area contributed by atoms with Crippen molar-refractivity contribution in [3.05, 3.63) is 66.0 Å². The number of hydrogen-bond donors (Lipinski definition) is 1. The molecule has 2 atom stereocenters. The molecule has 1 amide bonds. The van der Waals surface area contributed by atoms with Gasteiger partial charge in [-0.1, -0.05) is 30.3 Å². The van der Waals surface area contributed by atoms with Gasteiger partial charge in [0.15, 0.2) is 0 Å². The molecule has 4 nitrogen and oxygen atoms in total. The summed E-state index contributed by atoms with van der Waals surface area (Å²) in [6, 6.07) is 16.1. The first-order chi connectivity index (χ1) is 13.0. The van der Waals surface area contributed by atoms with E-state index in [0.29, 0.717) is 28.7 Å². The van der Waals surface area contributed by atoms with Gasteiger partial charge in [0, 0.05) is 35.6 Å². The number of aromatic nitrogens is 1. The Morgan fingerprint density at radius 1 is 1.19 bits per heavy atom. The molecule has 0 radical (unpaired) electrons. The minimum absolute atomic E-state index is 0.0504. The van der Waals surface area contributed by atoms with Crippen LogP contribution in [0.4, 0.5) is 4.39 Å². The van der Waals surface area contributed by atoms with E-state index in [2.05, 4.69) is 4.98 Å². The van der Waals surface area contributed by atoms with Crippen molar-refractivity contribution >= 4 is 16.8 Å². The minimum Gasteiger partial charge on any atom is -0.336 e. The normalized spacial score (nSPS) is 20.0. The third kappa shape index (κ3) is 3.43. The van der Waals surface area contributed by atoms with Gasteiger partial charge in [-0.25, -0.2) is 9.37 Å². The van der Waals surface area contributed by atoms with E-state index in [4.69, 9.17) is 5.73 Å². The van der Waals surface area contributed by atoms with Crippen molar-refractivity contribution in [3.63, 3.8) is 0 Å². The number of carbonyl (C=O) groups excluding carboxylic acids is 1. The average Bonchev–Trinajstić information content (AvgIpc) is 2.67. The lowest BCUT2D eigenvalue weighted by molar-refractivity contribution is 0.0621. The molecule has 0 spiro atoms. The number of benzene rings is 2. The first-order valence-corrected chi connectivity index (χ1v) is 9.25. The Hall–Kier alpha value is -2.79. The van der Waals surface area contributed by atoms with Gasteiger partial charge in [0.1, 0.15) is 5.82 Å². The molecule has 2 aromatic carbocycles. The molecule has 4 rings (SSSR count). The molecule has 0 saturated carbocycles. The quantitative estimate of drug-likeness (QED) is 0.749. The Balaban J connectivity index is 1.84. The number of amides is 1. The van der Waals surface area contributed by atoms with Crippen LogP contribution in [0.15, 0.2) is 54.6 Å². The zero-order valence-electron chi connectivity index (χ0n) is 15.2. The van der Waals surface area contributed by atoms with Gasteiger partial charge < -0.3 is 10.6 Å². The van der Waals surface area contributed by atoms with Gasteiger partial charge in [-0.3, -0.25) is 4.79 Å². The minimum atomic E-state index is -0.365. The molecule has 1 saturated heterocycles. The van der Waals surface area contributed by atoms with E-state index in [0.717, 1.165) is 18.4 Å². The lowest BCUT2D eigenvalue weighted by atomic mass is 9.96. The molecule has 5 heteroatoms. The van der Waals surface area contributed by atoms with Crippen molar-refractivity contribution in [2.75, 3.05) is 6.54 Å². The van der Waals surface area contributed by atoms with Crippen LogP contribution in [0.3, 0.4) is 0 Å². The number of carbonyl (C=O) groups is 1. The standard InChI is InChI=1S/C22H22FN3O/c1-14-11-17(24)9-10-26(14)22(27)19-13-20(15-5-3-2-4-6-15)25-21-12-16(23)7-8-18(19)21/h2-8,12-14,17H,9-11,24H2,1H3/t14-,17+/m0/s1. The molecule has 0 unspecified atom stereocenters. The Morgan fingerprint density at radius 3 is 2.70 bits per heavy atom. The molecular weight excluding hydrogens is 341 g/mol. The highest BCUT2D eigenvalue weighted by molar-refractivity contribution is 6.07. The Bertz CT molecular complexity index is 990. The fourth-order valence-corrected chi connectivity index (χ4v) is 3.80. The fourth-order valence-electron chi connectivity index (χ4n) is 3.80. The molecule has 1 aliphatic rings. The van der Waals surface area contributed by atoms with E-state index in [9.17, 15) is 9.18 Å². The second-order valence-corrected chi connectivity index (χ2v) is 7.21. The van der Waals surface area contributed by atoms with Crippen molar-refractivity contribution < 1.29 is 9.18 Å². The first kappa shape index (κ1) is 17.6. The molecule has 2 N–H and O–H groups in total. The van der Waals surface area contributed by atoms with Crippen LogP contribution < -0.4 is 5.73 Å². The molecule has 1 aliphatic heterocycles. The van der Waals surface area contributed by atoms with Crippen molar-refractivity contribution in [3.8, 4) is 11.3 Å². The van der Waals surface area contributed by atoms with E-state index < -0.39 is 0 Å². The summed E-state index contributed by atoms with van der Waals surface area (Å²) < 4.78 is 13.8. The Kier molecular flexibility index (Phi) is 4.62. The smallest absolute Gasteiger partial charge is 0.254 e. The largest absolute Gasteiger partial charge is 0.336 e. The number of halogens is 1. The Labute approximate surface area is 157 Å². The lowest BCUT2D eigenvalue weighted by Crippen LogP contribution is -2.48. The van der Waals surface area contributed by atoms with Crippen molar-refractivity contribution in [1.82, 2.24) is 9.88 Å². The van der Waals surface area contributed by atoms with Gasteiger partial charge in [-0.15, -0.1) is 0 Å². The van der Waals surface area contributed by atoms with Gasteiger partial charge in [0.05, 0.1) is 16.8 Å². The second kappa shape index (κ2) is 7.08. The number of rotatable bonds is 2. The molecular formula is C22H22FN3O. The van der Waals surface area contributed by atoms with Crippen LogP contribution in [-0.2, 0) is 0 Å². The maximum atomic E-state index is 13.8. The molecule has 0 aliphatic carbocycles. The van der Waals surface area contributed by atoms with Crippen LogP contribution in [0.25, 0.3) is 22.2 Å². The van der Waals surface area contributed by atoms with Crippen LogP contribution in [0.5, 0.6) is 0 Å². The monoisotopic (exact) mass is 363 g/mol. The predicted octanol–water partition coefficient (Wildman–Crippen LogP) is 3.99. The zero-order chi connectivity index (χ0) is 19.0. The summed E-state index contributed by atoms with van der Waals surface area (Å²) in [7, 11) is 0. The topological polar surface area (TPSA) is 59.2 Å². The summed E-state index contributed by atoms with van der Waals surface area (Å²) >= 11 is 0. The number of fused-ring (bicyclic) bond motifs is 1. The molecule has 138 valence electrons. The number of piperidine rings is 1. The number of hydrogen-bond acceptors (Lipinski definition) is 3. The van der Waals surface area contributed by atoms with E-state index in [-0.39, 0.29) is 23.8 Å². The average molecular weight is 363 g/mol. The SMILES string of the molecule is C[C@H]1C[C@H](N)CCN1C(=O)c1cc(-c2ccccc2)nc2cc(F)ccc12. The number of likely N-dealkylation sites (tertiary alicyclic amines) is 1. The summed E-state index contributed by atoms with van der Waals surface area (Å²) in [4.78, 5) is 19.8. The van der Waals surface area contributed by atoms with E-state index in [1.165, 1.54) is 12.1 Å². The van der Waals surface area contributed by atoms with Crippen molar-refractivity contribution in [2.24, 2.45) is 5.73 Å².